The van der Waals surface area contributed by atoms with Gasteiger partial charge in [-0.1, -0.05) is 23.2 Å². The number of carbonyl (C=O) groups is 2. The highest BCUT2D eigenvalue weighted by Gasteiger charge is 2.26. The standard InChI is InChI=1S/C17H17Cl2N3O3S/c1-22-5-4-10-13(7-22)26-17(15(10)16(20)24)21-14(23)8-25-12-3-2-9(18)6-11(12)19/h2-3,6H,4-5,7-8H2,1H3,(H2,20,24)(H,21,23). The average molecular weight is 414 g/mol. The number of amides is 2. The van der Waals surface area contributed by atoms with E-state index in [1.165, 1.54) is 17.4 Å². The van der Waals surface area contributed by atoms with Gasteiger partial charge in [0, 0.05) is 23.0 Å². The molecule has 2 heterocycles. The monoisotopic (exact) mass is 413 g/mol. The third-order valence-electron chi connectivity index (χ3n) is 4.00. The Hall–Kier alpha value is -1.80. The smallest absolute Gasteiger partial charge is 0.262 e. The molecule has 1 aliphatic rings. The van der Waals surface area contributed by atoms with Crippen LogP contribution >= 0.6 is 34.5 Å². The zero-order valence-corrected chi connectivity index (χ0v) is 16.3. The number of ether oxygens (including phenoxy) is 1. The lowest BCUT2D eigenvalue weighted by Crippen LogP contribution is -2.27. The van der Waals surface area contributed by atoms with E-state index in [1.54, 1.807) is 12.1 Å². The Morgan fingerprint density at radius 3 is 2.85 bits per heavy atom. The van der Waals surface area contributed by atoms with Crippen molar-refractivity contribution in [2.45, 2.75) is 13.0 Å². The van der Waals surface area contributed by atoms with Crippen LogP contribution in [0.15, 0.2) is 18.2 Å². The molecule has 0 radical (unpaired) electrons. The van der Waals surface area contributed by atoms with Gasteiger partial charge in [-0.15, -0.1) is 11.3 Å². The van der Waals surface area contributed by atoms with Gasteiger partial charge < -0.3 is 20.7 Å². The van der Waals surface area contributed by atoms with Crippen LogP contribution in [-0.4, -0.2) is 36.9 Å². The van der Waals surface area contributed by atoms with Crippen molar-refractivity contribution in [1.29, 1.82) is 0 Å². The van der Waals surface area contributed by atoms with Gasteiger partial charge >= 0.3 is 0 Å². The summed E-state index contributed by atoms with van der Waals surface area (Å²) in [5, 5.41) is 3.99. The number of nitrogens with one attached hydrogen (secondary N) is 1. The zero-order valence-electron chi connectivity index (χ0n) is 14.0. The van der Waals surface area contributed by atoms with Gasteiger partial charge in [0.15, 0.2) is 6.61 Å². The number of hydrogen-bond donors (Lipinski definition) is 2. The third kappa shape index (κ3) is 4.12. The zero-order chi connectivity index (χ0) is 18.8. The summed E-state index contributed by atoms with van der Waals surface area (Å²) in [6.07, 6.45) is 0.730. The van der Waals surface area contributed by atoms with Crippen LogP contribution in [0.1, 0.15) is 20.8 Å². The largest absolute Gasteiger partial charge is 0.482 e. The molecular formula is C17H17Cl2N3O3S. The number of thiophene rings is 1. The Morgan fingerprint density at radius 1 is 1.38 bits per heavy atom. The fourth-order valence-electron chi connectivity index (χ4n) is 2.78. The van der Waals surface area contributed by atoms with Gasteiger partial charge in [-0.2, -0.15) is 0 Å². The van der Waals surface area contributed by atoms with Gasteiger partial charge in [0.1, 0.15) is 10.8 Å². The molecule has 6 nitrogen and oxygen atoms in total. The highest BCUT2D eigenvalue weighted by Crippen LogP contribution is 2.36. The Kier molecular flexibility index (Phi) is 5.72. The molecule has 0 atom stereocenters. The minimum atomic E-state index is -0.538. The molecule has 0 saturated carbocycles. The van der Waals surface area contributed by atoms with E-state index in [9.17, 15) is 9.59 Å². The van der Waals surface area contributed by atoms with Crippen LogP contribution in [0.4, 0.5) is 5.00 Å². The number of rotatable bonds is 5. The summed E-state index contributed by atoms with van der Waals surface area (Å²) in [7, 11) is 2.01. The number of fused-ring (bicyclic) bond motifs is 1. The first-order valence-electron chi connectivity index (χ1n) is 7.85. The molecule has 0 saturated heterocycles. The van der Waals surface area contributed by atoms with Crippen molar-refractivity contribution < 1.29 is 14.3 Å². The SMILES string of the molecule is CN1CCc2c(sc(NC(=O)COc3ccc(Cl)cc3Cl)c2C(N)=O)C1. The lowest BCUT2D eigenvalue weighted by atomic mass is 10.0. The Labute approximate surface area is 164 Å². The molecule has 2 amide bonds. The van der Waals surface area contributed by atoms with Crippen LogP contribution < -0.4 is 15.8 Å². The molecule has 3 N–H and O–H groups in total. The van der Waals surface area contributed by atoms with Crippen molar-refractivity contribution in [1.82, 2.24) is 4.90 Å². The molecule has 3 rings (SSSR count). The first-order valence-corrected chi connectivity index (χ1v) is 9.43. The van der Waals surface area contributed by atoms with Crippen LogP contribution in [0, 0.1) is 0 Å². The second-order valence-electron chi connectivity index (χ2n) is 5.97. The number of carbonyl (C=O) groups excluding carboxylic acids is 2. The molecule has 0 bridgehead atoms. The van der Waals surface area contributed by atoms with Crippen LogP contribution in [0.3, 0.4) is 0 Å². The van der Waals surface area contributed by atoms with Crippen LogP contribution in [0.5, 0.6) is 5.75 Å². The highest BCUT2D eigenvalue weighted by atomic mass is 35.5. The molecule has 1 aromatic heterocycles. The van der Waals surface area contributed by atoms with E-state index >= 15 is 0 Å². The molecular weight excluding hydrogens is 397 g/mol. The second kappa shape index (κ2) is 7.84. The number of hydrogen-bond acceptors (Lipinski definition) is 5. The van der Waals surface area contributed by atoms with Gasteiger partial charge in [-0.25, -0.2) is 0 Å². The summed E-state index contributed by atoms with van der Waals surface area (Å²) in [5.74, 6) is -0.581. The molecule has 0 fully saturated rings. The fraction of sp³-hybridized carbons (Fsp3) is 0.294. The molecule has 1 aromatic carbocycles. The fourth-order valence-corrected chi connectivity index (χ4v) is 4.59. The van der Waals surface area contributed by atoms with E-state index in [-0.39, 0.29) is 6.61 Å². The first-order chi connectivity index (χ1) is 12.3. The van der Waals surface area contributed by atoms with Crippen LogP contribution in [-0.2, 0) is 17.8 Å². The van der Waals surface area contributed by atoms with E-state index in [4.69, 9.17) is 33.7 Å². The molecule has 138 valence electrons. The molecule has 9 heteroatoms. The molecule has 2 aromatic rings. The third-order valence-corrected chi connectivity index (χ3v) is 5.66. The summed E-state index contributed by atoms with van der Waals surface area (Å²) < 4.78 is 5.42. The van der Waals surface area contributed by atoms with Gasteiger partial charge in [0.2, 0.25) is 0 Å². The predicted octanol–water partition coefficient (Wildman–Crippen LogP) is 3.16. The number of likely N-dealkylation sites (N-methyl/N-ethyl adjacent to an activating group) is 1. The molecule has 0 unspecified atom stereocenters. The minimum Gasteiger partial charge on any atom is -0.482 e. The highest BCUT2D eigenvalue weighted by molar-refractivity contribution is 7.17. The number of primary amides is 1. The lowest BCUT2D eigenvalue weighted by molar-refractivity contribution is -0.118. The van der Waals surface area contributed by atoms with Crippen molar-refractivity contribution >= 4 is 51.4 Å². The average Bonchev–Trinajstić information content (AvgIpc) is 2.90. The molecule has 0 spiro atoms. The van der Waals surface area contributed by atoms with Gasteiger partial charge in [-0.3, -0.25) is 9.59 Å². The summed E-state index contributed by atoms with van der Waals surface area (Å²) in [4.78, 5) is 27.3. The number of halogens is 2. The number of benzene rings is 1. The maximum Gasteiger partial charge on any atom is 0.262 e. The quantitative estimate of drug-likeness (QED) is 0.787. The van der Waals surface area contributed by atoms with Gasteiger partial charge in [0.25, 0.3) is 11.8 Å². The van der Waals surface area contributed by atoms with E-state index in [1.807, 2.05) is 7.05 Å². The van der Waals surface area contributed by atoms with E-state index < -0.39 is 11.8 Å². The Morgan fingerprint density at radius 2 is 2.15 bits per heavy atom. The predicted molar refractivity (Wildman–Crippen MR) is 103 cm³/mol. The van der Waals surface area contributed by atoms with Crippen LogP contribution in [0.25, 0.3) is 0 Å². The van der Waals surface area contributed by atoms with Crippen molar-refractivity contribution in [2.75, 3.05) is 25.5 Å². The lowest BCUT2D eigenvalue weighted by Gasteiger charge is -2.22. The van der Waals surface area contributed by atoms with E-state index in [0.717, 1.165) is 30.0 Å². The first kappa shape index (κ1) is 19.0. The van der Waals surface area contributed by atoms with E-state index in [2.05, 4.69) is 10.2 Å². The van der Waals surface area contributed by atoms with Crippen molar-refractivity contribution in [2.24, 2.45) is 5.73 Å². The Bertz CT molecular complexity index is 869. The number of nitrogens with zero attached hydrogens (tertiary/aromatic N) is 1. The van der Waals surface area contributed by atoms with Gasteiger partial charge in [0.05, 0.1) is 10.6 Å². The van der Waals surface area contributed by atoms with Crippen molar-refractivity contribution in [3.05, 3.63) is 44.2 Å². The summed E-state index contributed by atoms with van der Waals surface area (Å²) in [5.41, 5.74) is 6.86. The van der Waals surface area contributed by atoms with Crippen molar-refractivity contribution in [3.8, 4) is 5.75 Å². The summed E-state index contributed by atoms with van der Waals surface area (Å²) in [6, 6.07) is 4.74. The molecule has 1 aliphatic heterocycles. The van der Waals surface area contributed by atoms with E-state index in [0.29, 0.717) is 26.4 Å². The topological polar surface area (TPSA) is 84.7 Å². The molecule has 26 heavy (non-hydrogen) atoms. The van der Waals surface area contributed by atoms with Crippen molar-refractivity contribution in [3.63, 3.8) is 0 Å². The maximum absolute atomic E-state index is 12.3. The number of nitrogens with two attached hydrogens (primary N) is 1. The summed E-state index contributed by atoms with van der Waals surface area (Å²) >= 11 is 13.2. The maximum atomic E-state index is 12.3. The second-order valence-corrected chi connectivity index (χ2v) is 7.92. The molecule has 0 aliphatic carbocycles. The summed E-state index contributed by atoms with van der Waals surface area (Å²) in [6.45, 7) is 1.32. The van der Waals surface area contributed by atoms with Gasteiger partial charge in [-0.05, 0) is 37.2 Å². The Balaban J connectivity index is 1.72. The van der Waals surface area contributed by atoms with Crippen LogP contribution in [0.2, 0.25) is 10.0 Å². The minimum absolute atomic E-state index is 0.248. The number of anilines is 1. The normalized spacial score (nSPS) is 14.0.